The van der Waals surface area contributed by atoms with E-state index in [1.807, 2.05) is 30.3 Å². The summed E-state index contributed by atoms with van der Waals surface area (Å²) < 4.78 is 23.8. The zero-order valence-electron chi connectivity index (χ0n) is 22.3. The Balaban J connectivity index is 1.79. The number of nitrogens with zero attached hydrogens (tertiary/aromatic N) is 2. The lowest BCUT2D eigenvalue weighted by atomic mass is 9.96. The van der Waals surface area contributed by atoms with Gasteiger partial charge in [-0.2, -0.15) is 0 Å². The normalized spacial score (nSPS) is 15.1. The minimum absolute atomic E-state index is 0.248. The molecule has 1 aliphatic rings. The lowest BCUT2D eigenvalue weighted by molar-refractivity contribution is -0.136. The summed E-state index contributed by atoms with van der Waals surface area (Å²) in [6.07, 6.45) is 5.01. The summed E-state index contributed by atoms with van der Waals surface area (Å²) in [6.45, 7) is 4.52. The molecule has 0 bridgehead atoms. The van der Waals surface area contributed by atoms with Gasteiger partial charge in [-0.1, -0.05) is 49.3 Å². The number of fused-ring (bicyclic) bond motifs is 1. The van der Waals surface area contributed by atoms with E-state index >= 15 is 0 Å². The smallest absolute Gasteiger partial charge is 0.338 e. The standard InChI is InChI=1S/C29H32N2O6S/c1-6-7-8-15-37-22-14-9-19(16-23(22)35-4)17-24-27(32)31-26(20-10-12-21(34-3)13-11-20)25(28(33)36-5)18(2)30-29(31)38-24/h9-14,16-17,26H,6-8,15H2,1-5H3/b24-17+/t26-/m1/s1. The molecule has 2 heterocycles. The van der Waals surface area contributed by atoms with Gasteiger partial charge in [0.1, 0.15) is 5.75 Å². The van der Waals surface area contributed by atoms with Crippen molar-refractivity contribution < 1.29 is 23.7 Å². The molecule has 38 heavy (non-hydrogen) atoms. The molecule has 0 saturated heterocycles. The molecule has 0 radical (unpaired) electrons. The minimum atomic E-state index is -0.680. The van der Waals surface area contributed by atoms with Crippen LogP contribution in [0.1, 0.15) is 50.3 Å². The monoisotopic (exact) mass is 536 g/mol. The number of carbonyl (C=O) groups excluding carboxylic acids is 1. The van der Waals surface area contributed by atoms with Crippen LogP contribution >= 0.6 is 11.3 Å². The van der Waals surface area contributed by atoms with Gasteiger partial charge >= 0.3 is 5.97 Å². The van der Waals surface area contributed by atoms with Gasteiger partial charge in [-0.25, -0.2) is 9.79 Å². The van der Waals surface area contributed by atoms with Crippen LogP contribution in [0.5, 0.6) is 17.2 Å². The van der Waals surface area contributed by atoms with E-state index in [1.165, 1.54) is 18.4 Å². The SMILES string of the molecule is CCCCCOc1ccc(/C=c2/sc3n(c2=O)[C@H](c2ccc(OC)cc2)C(C(=O)OC)=C(C)N=3)cc1OC. The summed E-state index contributed by atoms with van der Waals surface area (Å²) in [7, 11) is 4.50. The van der Waals surface area contributed by atoms with Crippen molar-refractivity contribution in [1.29, 1.82) is 0 Å². The van der Waals surface area contributed by atoms with Crippen LogP contribution in [0.2, 0.25) is 0 Å². The fourth-order valence-corrected chi connectivity index (χ4v) is 5.42. The molecule has 0 saturated carbocycles. The number of hydrogen-bond acceptors (Lipinski definition) is 8. The van der Waals surface area contributed by atoms with Crippen molar-refractivity contribution in [1.82, 2.24) is 4.57 Å². The summed E-state index contributed by atoms with van der Waals surface area (Å²) in [4.78, 5) is 31.7. The second-order valence-corrected chi connectivity index (χ2v) is 9.82. The van der Waals surface area contributed by atoms with E-state index in [4.69, 9.17) is 18.9 Å². The fourth-order valence-electron chi connectivity index (χ4n) is 4.37. The van der Waals surface area contributed by atoms with Crippen molar-refractivity contribution in [3.8, 4) is 17.2 Å². The molecule has 0 spiro atoms. The molecule has 2 aromatic carbocycles. The van der Waals surface area contributed by atoms with Gasteiger partial charge in [0.25, 0.3) is 5.56 Å². The highest BCUT2D eigenvalue weighted by molar-refractivity contribution is 7.07. The molecule has 0 fully saturated rings. The van der Waals surface area contributed by atoms with Gasteiger partial charge in [0.05, 0.1) is 49.8 Å². The Morgan fingerprint density at radius 2 is 1.82 bits per heavy atom. The number of thiazole rings is 1. The molecule has 9 heteroatoms. The number of rotatable bonds is 10. The highest BCUT2D eigenvalue weighted by atomic mass is 32.1. The van der Waals surface area contributed by atoms with Crippen LogP contribution in [0.4, 0.5) is 0 Å². The lowest BCUT2D eigenvalue weighted by Gasteiger charge is -2.24. The molecule has 200 valence electrons. The van der Waals surface area contributed by atoms with E-state index in [1.54, 1.807) is 43.9 Å². The fraction of sp³-hybridized carbons (Fsp3) is 0.345. The van der Waals surface area contributed by atoms with Crippen molar-refractivity contribution in [3.63, 3.8) is 0 Å². The Labute approximate surface area is 225 Å². The van der Waals surface area contributed by atoms with Crippen molar-refractivity contribution in [2.45, 2.75) is 39.2 Å². The predicted octanol–water partition coefficient (Wildman–Crippen LogP) is 3.99. The van der Waals surface area contributed by atoms with Gasteiger partial charge in [-0.3, -0.25) is 9.36 Å². The maximum atomic E-state index is 13.7. The number of aromatic nitrogens is 1. The quantitative estimate of drug-likeness (QED) is 0.288. The Kier molecular flexibility index (Phi) is 8.68. The molecular weight excluding hydrogens is 504 g/mol. The molecule has 0 unspecified atom stereocenters. The van der Waals surface area contributed by atoms with Crippen molar-refractivity contribution in [2.24, 2.45) is 4.99 Å². The van der Waals surface area contributed by atoms with E-state index < -0.39 is 12.0 Å². The molecule has 0 amide bonds. The van der Waals surface area contributed by atoms with Gasteiger partial charge in [-0.15, -0.1) is 0 Å². The number of ether oxygens (including phenoxy) is 4. The largest absolute Gasteiger partial charge is 0.497 e. The van der Waals surface area contributed by atoms with Gasteiger partial charge < -0.3 is 18.9 Å². The first kappa shape index (κ1) is 27.2. The number of allylic oxidation sites excluding steroid dienone is 1. The molecule has 3 aromatic rings. The maximum Gasteiger partial charge on any atom is 0.338 e. The Morgan fingerprint density at radius 1 is 1.05 bits per heavy atom. The Hall–Kier alpha value is -3.85. The highest BCUT2D eigenvalue weighted by Crippen LogP contribution is 2.32. The van der Waals surface area contributed by atoms with Crippen LogP contribution < -0.4 is 29.1 Å². The third-order valence-corrected chi connectivity index (χ3v) is 7.33. The molecule has 1 aromatic heterocycles. The third kappa shape index (κ3) is 5.52. The number of hydrogen-bond donors (Lipinski definition) is 0. The lowest BCUT2D eigenvalue weighted by Crippen LogP contribution is -2.39. The van der Waals surface area contributed by atoms with E-state index in [2.05, 4.69) is 11.9 Å². The molecule has 0 N–H and O–H groups in total. The number of carbonyl (C=O) groups is 1. The average molecular weight is 537 g/mol. The summed E-state index contributed by atoms with van der Waals surface area (Å²) in [5.74, 6) is 1.41. The Morgan fingerprint density at radius 3 is 2.47 bits per heavy atom. The van der Waals surface area contributed by atoms with Crippen molar-refractivity contribution in [2.75, 3.05) is 27.9 Å². The van der Waals surface area contributed by atoms with Crippen LogP contribution in [0.25, 0.3) is 6.08 Å². The maximum absolute atomic E-state index is 13.7. The number of esters is 1. The Bertz CT molecular complexity index is 1520. The first-order valence-corrected chi connectivity index (χ1v) is 13.3. The second kappa shape index (κ2) is 12.1. The molecule has 1 atom stereocenters. The average Bonchev–Trinajstić information content (AvgIpc) is 3.24. The van der Waals surface area contributed by atoms with Gasteiger partial charge in [0, 0.05) is 0 Å². The van der Waals surface area contributed by atoms with Crippen LogP contribution in [0, 0.1) is 0 Å². The zero-order chi connectivity index (χ0) is 27.2. The van der Waals surface area contributed by atoms with Crippen LogP contribution in [-0.4, -0.2) is 38.5 Å². The molecule has 8 nitrogen and oxygen atoms in total. The summed E-state index contributed by atoms with van der Waals surface area (Å²) >= 11 is 1.27. The number of unbranched alkanes of at least 4 members (excludes halogenated alkanes) is 2. The molecule has 1 aliphatic heterocycles. The molecule has 0 aliphatic carbocycles. The highest BCUT2D eigenvalue weighted by Gasteiger charge is 2.33. The third-order valence-electron chi connectivity index (χ3n) is 6.35. The van der Waals surface area contributed by atoms with Gasteiger partial charge in [-0.05, 0) is 54.8 Å². The first-order valence-electron chi connectivity index (χ1n) is 12.5. The van der Waals surface area contributed by atoms with E-state index in [0.717, 1.165) is 30.4 Å². The summed E-state index contributed by atoms with van der Waals surface area (Å²) in [5.41, 5.74) is 2.12. The van der Waals surface area contributed by atoms with E-state index in [0.29, 0.717) is 44.5 Å². The predicted molar refractivity (Wildman–Crippen MR) is 147 cm³/mol. The van der Waals surface area contributed by atoms with Crippen LogP contribution in [0.3, 0.4) is 0 Å². The van der Waals surface area contributed by atoms with Crippen molar-refractivity contribution in [3.05, 3.63) is 84.5 Å². The van der Waals surface area contributed by atoms with Gasteiger partial charge in [0.15, 0.2) is 16.3 Å². The van der Waals surface area contributed by atoms with E-state index in [9.17, 15) is 9.59 Å². The number of benzene rings is 2. The first-order chi connectivity index (χ1) is 18.4. The van der Waals surface area contributed by atoms with E-state index in [-0.39, 0.29) is 5.56 Å². The topological polar surface area (TPSA) is 88.4 Å². The summed E-state index contributed by atoms with van der Waals surface area (Å²) in [5, 5.41) is 0. The molecule has 4 rings (SSSR count). The van der Waals surface area contributed by atoms with Crippen LogP contribution in [-0.2, 0) is 9.53 Å². The number of methoxy groups -OCH3 is 3. The minimum Gasteiger partial charge on any atom is -0.497 e. The zero-order valence-corrected chi connectivity index (χ0v) is 23.1. The summed E-state index contributed by atoms with van der Waals surface area (Å²) in [6, 6.07) is 12.2. The second-order valence-electron chi connectivity index (χ2n) is 8.81. The van der Waals surface area contributed by atoms with Gasteiger partial charge in [0.2, 0.25) is 0 Å². The molecular formula is C29H32N2O6S. The van der Waals surface area contributed by atoms with Crippen LogP contribution in [0.15, 0.2) is 63.5 Å². The van der Waals surface area contributed by atoms with Crippen molar-refractivity contribution >= 4 is 23.4 Å².